The average molecular weight is 253 g/mol. The minimum atomic E-state index is -1.09. The third-order valence-electron chi connectivity index (χ3n) is 2.27. The van der Waals surface area contributed by atoms with Crippen LogP contribution in [0.2, 0.25) is 0 Å². The lowest BCUT2D eigenvalue weighted by Crippen LogP contribution is -2.42. The summed E-state index contributed by atoms with van der Waals surface area (Å²) in [6.45, 7) is 3.77. The van der Waals surface area contributed by atoms with Crippen molar-refractivity contribution in [2.24, 2.45) is 0 Å². The quantitative estimate of drug-likeness (QED) is 0.711. The Morgan fingerprint density at radius 3 is 2.24 bits per heavy atom. The highest BCUT2D eigenvalue weighted by Crippen LogP contribution is 2.09. The molecule has 1 unspecified atom stereocenters. The Kier molecular flexibility index (Phi) is 4.57. The van der Waals surface area contributed by atoms with Gasteiger partial charge in [0.1, 0.15) is 6.04 Å². The molecule has 4 nitrogen and oxygen atoms in total. The summed E-state index contributed by atoms with van der Waals surface area (Å²) in [5, 5.41) is 11.2. The van der Waals surface area contributed by atoms with E-state index in [1.54, 1.807) is 12.1 Å². The van der Waals surface area contributed by atoms with Gasteiger partial charge in [-0.1, -0.05) is 17.2 Å². The fourth-order valence-electron chi connectivity index (χ4n) is 1.53. The van der Waals surface area contributed by atoms with E-state index in [-0.39, 0.29) is 5.75 Å². The van der Waals surface area contributed by atoms with Crippen molar-refractivity contribution in [2.75, 3.05) is 5.75 Å². The second-order valence-electron chi connectivity index (χ2n) is 3.92. The van der Waals surface area contributed by atoms with Crippen molar-refractivity contribution in [3.8, 4) is 0 Å². The lowest BCUT2D eigenvalue weighted by molar-refractivity contribution is -0.138. The van der Waals surface area contributed by atoms with Gasteiger partial charge in [0.25, 0.3) is 5.91 Å². The Labute approximate surface area is 105 Å². The maximum absolute atomic E-state index is 11.8. The van der Waals surface area contributed by atoms with E-state index in [1.807, 2.05) is 19.9 Å². The maximum Gasteiger partial charge on any atom is 0.327 e. The highest BCUT2D eigenvalue weighted by Gasteiger charge is 2.18. The number of carbonyl (C=O) groups is 2. The highest BCUT2D eigenvalue weighted by molar-refractivity contribution is 7.80. The van der Waals surface area contributed by atoms with Gasteiger partial charge in [-0.2, -0.15) is 12.6 Å². The van der Waals surface area contributed by atoms with Crippen LogP contribution in [0, 0.1) is 13.8 Å². The number of carbonyl (C=O) groups excluding carboxylic acids is 1. The molecule has 0 saturated carbocycles. The van der Waals surface area contributed by atoms with E-state index in [0.717, 1.165) is 11.1 Å². The zero-order valence-electron chi connectivity index (χ0n) is 9.73. The fraction of sp³-hybridized carbons (Fsp3) is 0.333. The third kappa shape index (κ3) is 3.78. The van der Waals surface area contributed by atoms with Gasteiger partial charge in [-0.3, -0.25) is 4.79 Å². The number of hydrogen-bond acceptors (Lipinski definition) is 3. The first-order chi connectivity index (χ1) is 7.93. The molecule has 1 amide bonds. The Bertz CT molecular complexity index is 425. The number of benzene rings is 1. The van der Waals surface area contributed by atoms with Crippen LogP contribution in [-0.4, -0.2) is 28.8 Å². The van der Waals surface area contributed by atoms with E-state index < -0.39 is 17.9 Å². The summed E-state index contributed by atoms with van der Waals surface area (Å²) in [5.74, 6) is -1.41. The molecule has 1 aromatic rings. The predicted molar refractivity (Wildman–Crippen MR) is 68.7 cm³/mol. The number of carboxylic acid groups (broad SMARTS) is 1. The van der Waals surface area contributed by atoms with E-state index in [4.69, 9.17) is 5.11 Å². The smallest absolute Gasteiger partial charge is 0.327 e. The molecule has 0 heterocycles. The molecule has 5 heteroatoms. The van der Waals surface area contributed by atoms with Crippen molar-refractivity contribution < 1.29 is 14.7 Å². The molecule has 0 saturated heterocycles. The fourth-order valence-corrected chi connectivity index (χ4v) is 1.78. The second kappa shape index (κ2) is 5.72. The van der Waals surface area contributed by atoms with Crippen molar-refractivity contribution in [1.82, 2.24) is 5.32 Å². The Morgan fingerprint density at radius 2 is 1.82 bits per heavy atom. The zero-order chi connectivity index (χ0) is 13.0. The number of rotatable bonds is 4. The minimum Gasteiger partial charge on any atom is -0.480 e. The number of nitrogens with one attached hydrogen (secondary N) is 1. The highest BCUT2D eigenvalue weighted by atomic mass is 32.1. The molecule has 0 bridgehead atoms. The molecule has 0 aliphatic rings. The summed E-state index contributed by atoms with van der Waals surface area (Å²) >= 11 is 3.89. The molecule has 0 fully saturated rings. The monoisotopic (exact) mass is 253 g/mol. The lowest BCUT2D eigenvalue weighted by Gasteiger charge is -2.12. The van der Waals surface area contributed by atoms with Crippen LogP contribution in [0.1, 0.15) is 21.5 Å². The lowest BCUT2D eigenvalue weighted by atomic mass is 10.1. The van der Waals surface area contributed by atoms with Crippen molar-refractivity contribution in [1.29, 1.82) is 0 Å². The molecule has 0 aromatic heterocycles. The number of aliphatic carboxylic acids is 1. The first kappa shape index (κ1) is 13.6. The topological polar surface area (TPSA) is 66.4 Å². The van der Waals surface area contributed by atoms with Crippen LogP contribution < -0.4 is 5.32 Å². The van der Waals surface area contributed by atoms with E-state index in [1.165, 1.54) is 0 Å². The summed E-state index contributed by atoms with van der Waals surface area (Å²) in [6.07, 6.45) is 0. The first-order valence-electron chi connectivity index (χ1n) is 5.17. The number of aryl methyl sites for hydroxylation is 2. The van der Waals surface area contributed by atoms with Gasteiger partial charge < -0.3 is 10.4 Å². The number of carboxylic acids is 1. The molecule has 0 aliphatic heterocycles. The van der Waals surface area contributed by atoms with E-state index in [9.17, 15) is 9.59 Å². The van der Waals surface area contributed by atoms with Crippen LogP contribution in [0.3, 0.4) is 0 Å². The van der Waals surface area contributed by atoms with E-state index in [2.05, 4.69) is 17.9 Å². The Hall–Kier alpha value is -1.49. The number of amides is 1. The zero-order valence-corrected chi connectivity index (χ0v) is 10.6. The molecule has 2 N–H and O–H groups in total. The minimum absolute atomic E-state index is 0.0614. The van der Waals surface area contributed by atoms with Gasteiger partial charge >= 0.3 is 5.97 Å². The standard InChI is InChI=1S/C12H15NO3S/c1-7-3-8(2)5-9(4-7)11(14)13-10(6-17)12(15)16/h3-5,10,17H,6H2,1-2H3,(H,13,14)(H,15,16). The summed E-state index contributed by atoms with van der Waals surface area (Å²) in [7, 11) is 0. The van der Waals surface area contributed by atoms with Gasteiger partial charge in [-0.25, -0.2) is 4.79 Å². The van der Waals surface area contributed by atoms with Gasteiger partial charge in [-0.15, -0.1) is 0 Å². The van der Waals surface area contributed by atoms with Crippen molar-refractivity contribution in [2.45, 2.75) is 19.9 Å². The van der Waals surface area contributed by atoms with Gasteiger partial charge in [0, 0.05) is 11.3 Å². The number of thiol groups is 1. The first-order valence-corrected chi connectivity index (χ1v) is 5.80. The molecule has 0 spiro atoms. The molecule has 17 heavy (non-hydrogen) atoms. The van der Waals surface area contributed by atoms with E-state index >= 15 is 0 Å². The molecule has 1 rings (SSSR count). The van der Waals surface area contributed by atoms with Crippen LogP contribution in [-0.2, 0) is 4.79 Å². The van der Waals surface area contributed by atoms with Crippen molar-refractivity contribution in [3.05, 3.63) is 34.9 Å². The van der Waals surface area contributed by atoms with Gasteiger partial charge in [0.2, 0.25) is 0 Å². The summed E-state index contributed by atoms with van der Waals surface area (Å²) in [4.78, 5) is 22.6. The SMILES string of the molecule is Cc1cc(C)cc(C(=O)NC(CS)C(=O)O)c1. The maximum atomic E-state index is 11.8. The Morgan fingerprint density at radius 1 is 1.29 bits per heavy atom. The third-order valence-corrected chi connectivity index (χ3v) is 2.64. The Balaban J connectivity index is 2.86. The average Bonchev–Trinajstić information content (AvgIpc) is 2.23. The second-order valence-corrected chi connectivity index (χ2v) is 4.29. The van der Waals surface area contributed by atoms with Gasteiger partial charge in [-0.05, 0) is 26.0 Å². The van der Waals surface area contributed by atoms with Gasteiger partial charge in [0.05, 0.1) is 0 Å². The molecule has 0 radical (unpaired) electrons. The molecular formula is C12H15NO3S. The van der Waals surface area contributed by atoms with Crippen LogP contribution in [0.15, 0.2) is 18.2 Å². The van der Waals surface area contributed by atoms with Crippen LogP contribution >= 0.6 is 12.6 Å². The van der Waals surface area contributed by atoms with Crippen LogP contribution in [0.5, 0.6) is 0 Å². The van der Waals surface area contributed by atoms with Crippen LogP contribution in [0.25, 0.3) is 0 Å². The number of hydrogen-bond donors (Lipinski definition) is 3. The molecule has 92 valence electrons. The predicted octanol–water partition coefficient (Wildman–Crippen LogP) is 1.42. The summed E-state index contributed by atoms with van der Waals surface area (Å²) in [6, 6.07) is 4.43. The van der Waals surface area contributed by atoms with Crippen molar-refractivity contribution >= 4 is 24.5 Å². The normalized spacial score (nSPS) is 11.9. The molecular weight excluding hydrogens is 238 g/mol. The van der Waals surface area contributed by atoms with Gasteiger partial charge in [0.15, 0.2) is 0 Å². The van der Waals surface area contributed by atoms with Crippen LogP contribution in [0.4, 0.5) is 0 Å². The molecule has 1 atom stereocenters. The van der Waals surface area contributed by atoms with Crippen molar-refractivity contribution in [3.63, 3.8) is 0 Å². The van der Waals surface area contributed by atoms with E-state index in [0.29, 0.717) is 5.56 Å². The summed E-state index contributed by atoms with van der Waals surface area (Å²) < 4.78 is 0. The largest absolute Gasteiger partial charge is 0.480 e. The molecule has 1 aromatic carbocycles. The summed E-state index contributed by atoms with van der Waals surface area (Å²) in [5.41, 5.74) is 2.40. The molecule has 0 aliphatic carbocycles.